The zero-order chi connectivity index (χ0) is 15.3. The Hall–Kier alpha value is -2.40. The van der Waals surface area contributed by atoms with Crippen molar-refractivity contribution in [2.45, 2.75) is 19.4 Å². The van der Waals surface area contributed by atoms with Crippen molar-refractivity contribution in [1.29, 1.82) is 0 Å². The van der Waals surface area contributed by atoms with Gasteiger partial charge < -0.3 is 15.8 Å². The molecule has 0 saturated heterocycles. The molecule has 110 valence electrons. The summed E-state index contributed by atoms with van der Waals surface area (Å²) < 4.78 is 5.39. The number of nitrogens with zero attached hydrogens (tertiary/aromatic N) is 1. The molecule has 5 nitrogen and oxygen atoms in total. The fourth-order valence-corrected chi connectivity index (χ4v) is 1.91. The van der Waals surface area contributed by atoms with Crippen LogP contribution in [0.25, 0.3) is 0 Å². The van der Waals surface area contributed by atoms with Crippen LogP contribution in [0.15, 0.2) is 48.7 Å². The molecule has 1 atom stereocenters. The lowest BCUT2D eigenvalue weighted by Gasteiger charge is -2.24. The summed E-state index contributed by atoms with van der Waals surface area (Å²) in [7, 11) is 0. The normalized spacial score (nSPS) is 13.3. The van der Waals surface area contributed by atoms with E-state index in [4.69, 9.17) is 10.5 Å². The van der Waals surface area contributed by atoms with E-state index in [1.54, 1.807) is 25.3 Å². The van der Waals surface area contributed by atoms with Crippen LogP contribution in [0.1, 0.15) is 19.4 Å². The van der Waals surface area contributed by atoms with Gasteiger partial charge in [0.15, 0.2) is 0 Å². The summed E-state index contributed by atoms with van der Waals surface area (Å²) >= 11 is 0. The zero-order valence-corrected chi connectivity index (χ0v) is 12.2. The van der Waals surface area contributed by atoms with Gasteiger partial charge in [-0.1, -0.05) is 30.3 Å². The fraction of sp³-hybridized carbons (Fsp3) is 0.250. The Kier molecular flexibility index (Phi) is 4.55. The third-order valence-corrected chi connectivity index (χ3v) is 3.15. The SMILES string of the molecule is CCOc1ncccc1NC(=O)C(C)(N)c1ccccc1. The highest BCUT2D eigenvalue weighted by Gasteiger charge is 2.31. The van der Waals surface area contributed by atoms with E-state index < -0.39 is 5.54 Å². The van der Waals surface area contributed by atoms with Crippen molar-refractivity contribution in [1.82, 2.24) is 4.98 Å². The van der Waals surface area contributed by atoms with E-state index in [1.165, 1.54) is 0 Å². The molecule has 0 radical (unpaired) electrons. The standard InChI is InChI=1S/C16H19N3O2/c1-3-21-14-13(10-7-11-18-14)19-15(20)16(2,17)12-8-5-4-6-9-12/h4-11H,3,17H2,1-2H3,(H,19,20). The minimum atomic E-state index is -1.14. The lowest BCUT2D eigenvalue weighted by atomic mass is 9.92. The van der Waals surface area contributed by atoms with Crippen molar-refractivity contribution in [2.24, 2.45) is 5.73 Å². The summed E-state index contributed by atoms with van der Waals surface area (Å²) in [5, 5.41) is 2.78. The number of ether oxygens (including phenoxy) is 1. The molecule has 0 aliphatic rings. The van der Waals surface area contributed by atoms with Crippen LogP contribution in [0.4, 0.5) is 5.69 Å². The Bertz CT molecular complexity index is 612. The molecule has 21 heavy (non-hydrogen) atoms. The number of hydrogen-bond acceptors (Lipinski definition) is 4. The first kappa shape index (κ1) is 15.0. The predicted octanol–water partition coefficient (Wildman–Crippen LogP) is 2.29. The average molecular weight is 285 g/mol. The van der Waals surface area contributed by atoms with Crippen LogP contribution in [0.5, 0.6) is 5.88 Å². The molecule has 2 rings (SSSR count). The number of amides is 1. The summed E-state index contributed by atoms with van der Waals surface area (Å²) in [6.07, 6.45) is 1.61. The fourth-order valence-electron chi connectivity index (χ4n) is 1.91. The van der Waals surface area contributed by atoms with Gasteiger partial charge in [0.1, 0.15) is 11.2 Å². The molecule has 1 heterocycles. The number of carbonyl (C=O) groups excluding carboxylic acids is 1. The van der Waals surface area contributed by atoms with E-state index >= 15 is 0 Å². The highest BCUT2D eigenvalue weighted by molar-refractivity contribution is 5.99. The molecule has 1 aromatic heterocycles. The van der Waals surface area contributed by atoms with E-state index in [2.05, 4.69) is 10.3 Å². The largest absolute Gasteiger partial charge is 0.476 e. The van der Waals surface area contributed by atoms with Crippen molar-refractivity contribution in [3.63, 3.8) is 0 Å². The Morgan fingerprint density at radius 3 is 2.67 bits per heavy atom. The minimum Gasteiger partial charge on any atom is -0.476 e. The monoisotopic (exact) mass is 285 g/mol. The van der Waals surface area contributed by atoms with Gasteiger partial charge in [0.25, 0.3) is 0 Å². The Morgan fingerprint density at radius 1 is 1.29 bits per heavy atom. The van der Waals surface area contributed by atoms with Crippen molar-refractivity contribution >= 4 is 11.6 Å². The van der Waals surface area contributed by atoms with E-state index in [9.17, 15) is 4.79 Å². The molecule has 5 heteroatoms. The van der Waals surface area contributed by atoms with Gasteiger partial charge in [0.05, 0.1) is 6.61 Å². The molecule has 0 fully saturated rings. The smallest absolute Gasteiger partial charge is 0.248 e. The summed E-state index contributed by atoms with van der Waals surface area (Å²) in [6, 6.07) is 12.7. The maximum absolute atomic E-state index is 12.5. The van der Waals surface area contributed by atoms with Gasteiger partial charge in [0.2, 0.25) is 11.8 Å². The highest BCUT2D eigenvalue weighted by Crippen LogP contribution is 2.24. The first-order valence-electron chi connectivity index (χ1n) is 6.79. The van der Waals surface area contributed by atoms with E-state index in [1.807, 2.05) is 37.3 Å². The number of nitrogens with one attached hydrogen (secondary N) is 1. The predicted molar refractivity (Wildman–Crippen MR) is 82.0 cm³/mol. The molecule has 2 aromatic rings. The lowest BCUT2D eigenvalue weighted by Crippen LogP contribution is -2.45. The van der Waals surface area contributed by atoms with Crippen LogP contribution in [-0.2, 0) is 10.3 Å². The van der Waals surface area contributed by atoms with Crippen LogP contribution >= 0.6 is 0 Å². The quantitative estimate of drug-likeness (QED) is 0.883. The average Bonchev–Trinajstić information content (AvgIpc) is 2.50. The Labute approximate surface area is 124 Å². The zero-order valence-electron chi connectivity index (χ0n) is 12.2. The second kappa shape index (κ2) is 6.37. The molecule has 0 saturated carbocycles. The molecule has 1 aromatic carbocycles. The van der Waals surface area contributed by atoms with E-state index in [0.717, 1.165) is 5.56 Å². The molecular weight excluding hydrogens is 266 g/mol. The van der Waals surface area contributed by atoms with Gasteiger partial charge in [-0.2, -0.15) is 0 Å². The van der Waals surface area contributed by atoms with E-state index in [0.29, 0.717) is 18.2 Å². The number of nitrogens with two attached hydrogens (primary N) is 1. The molecule has 1 unspecified atom stereocenters. The van der Waals surface area contributed by atoms with Gasteiger partial charge in [-0.3, -0.25) is 4.79 Å². The molecule has 0 spiro atoms. The Balaban J connectivity index is 2.22. The molecule has 0 bridgehead atoms. The highest BCUT2D eigenvalue weighted by atomic mass is 16.5. The molecule has 3 N–H and O–H groups in total. The number of rotatable bonds is 5. The number of carbonyl (C=O) groups is 1. The number of aromatic nitrogens is 1. The van der Waals surface area contributed by atoms with Crippen molar-refractivity contribution in [3.8, 4) is 5.88 Å². The van der Waals surface area contributed by atoms with Crippen LogP contribution < -0.4 is 15.8 Å². The summed E-state index contributed by atoms with van der Waals surface area (Å²) in [4.78, 5) is 16.6. The maximum atomic E-state index is 12.5. The van der Waals surface area contributed by atoms with Crippen molar-refractivity contribution < 1.29 is 9.53 Å². The van der Waals surface area contributed by atoms with Crippen LogP contribution in [-0.4, -0.2) is 17.5 Å². The van der Waals surface area contributed by atoms with Crippen molar-refractivity contribution in [2.75, 3.05) is 11.9 Å². The first-order chi connectivity index (χ1) is 10.1. The first-order valence-corrected chi connectivity index (χ1v) is 6.79. The Morgan fingerprint density at radius 2 is 2.00 bits per heavy atom. The number of hydrogen-bond donors (Lipinski definition) is 2. The van der Waals surface area contributed by atoms with Gasteiger partial charge in [-0.15, -0.1) is 0 Å². The van der Waals surface area contributed by atoms with Gasteiger partial charge in [0, 0.05) is 6.20 Å². The van der Waals surface area contributed by atoms with Crippen LogP contribution in [0.2, 0.25) is 0 Å². The summed E-state index contributed by atoms with van der Waals surface area (Å²) in [6.45, 7) is 4.00. The van der Waals surface area contributed by atoms with E-state index in [-0.39, 0.29) is 5.91 Å². The lowest BCUT2D eigenvalue weighted by molar-refractivity contribution is -0.120. The second-order valence-electron chi connectivity index (χ2n) is 4.81. The molecule has 0 aliphatic carbocycles. The molecule has 1 amide bonds. The van der Waals surface area contributed by atoms with Crippen molar-refractivity contribution in [3.05, 3.63) is 54.2 Å². The molecular formula is C16H19N3O2. The number of pyridine rings is 1. The van der Waals surface area contributed by atoms with Gasteiger partial charge in [-0.25, -0.2) is 4.98 Å². The third kappa shape index (κ3) is 3.38. The topological polar surface area (TPSA) is 77.2 Å². The van der Waals surface area contributed by atoms with Crippen LogP contribution in [0, 0.1) is 0 Å². The number of anilines is 1. The number of benzene rings is 1. The van der Waals surface area contributed by atoms with Gasteiger partial charge >= 0.3 is 0 Å². The van der Waals surface area contributed by atoms with Gasteiger partial charge in [-0.05, 0) is 31.5 Å². The summed E-state index contributed by atoms with van der Waals surface area (Å²) in [5.74, 6) is 0.0693. The maximum Gasteiger partial charge on any atom is 0.248 e. The minimum absolute atomic E-state index is 0.317. The third-order valence-electron chi connectivity index (χ3n) is 3.15. The van der Waals surface area contributed by atoms with Crippen LogP contribution in [0.3, 0.4) is 0 Å². The summed E-state index contributed by atoms with van der Waals surface area (Å²) in [5.41, 5.74) is 6.29. The second-order valence-corrected chi connectivity index (χ2v) is 4.81. The molecule has 0 aliphatic heterocycles.